The zero-order valence-corrected chi connectivity index (χ0v) is 11.0. The van der Waals surface area contributed by atoms with E-state index in [9.17, 15) is 0 Å². The maximum Gasteiger partial charge on any atom is 0.0708 e. The Morgan fingerprint density at radius 3 is 2.65 bits per heavy atom. The lowest BCUT2D eigenvalue weighted by Crippen LogP contribution is -1.97. The number of aromatic nitrogens is 1. The van der Waals surface area contributed by atoms with Crippen molar-refractivity contribution < 1.29 is 0 Å². The molecule has 0 radical (unpaired) electrons. The number of hydrogen-bond donors (Lipinski definition) is 0. The first-order valence-corrected chi connectivity index (χ1v) is 6.61. The summed E-state index contributed by atoms with van der Waals surface area (Å²) in [7, 11) is 0. The zero-order valence-electron chi connectivity index (χ0n) is 11.0. The molecule has 2 rings (SSSR count). The summed E-state index contributed by atoms with van der Waals surface area (Å²) >= 11 is 0. The molecule has 90 valence electrons. The number of hydrogen-bond acceptors (Lipinski definition) is 1. The molecule has 1 aromatic heterocycles. The van der Waals surface area contributed by atoms with Crippen molar-refractivity contribution in [1.29, 1.82) is 0 Å². The van der Waals surface area contributed by atoms with E-state index in [-0.39, 0.29) is 0 Å². The SMILES string of the molecule is CCCCc1cc(C(C)C)c2ccccc2n1. The molecule has 0 atom stereocenters. The van der Waals surface area contributed by atoms with Crippen LogP contribution < -0.4 is 0 Å². The number of rotatable bonds is 4. The van der Waals surface area contributed by atoms with E-state index in [2.05, 4.69) is 51.1 Å². The topological polar surface area (TPSA) is 12.9 Å². The van der Waals surface area contributed by atoms with Crippen LogP contribution in [0.15, 0.2) is 30.3 Å². The number of unbranched alkanes of at least 4 members (excludes halogenated alkanes) is 1. The van der Waals surface area contributed by atoms with Gasteiger partial charge in [0.2, 0.25) is 0 Å². The summed E-state index contributed by atoms with van der Waals surface area (Å²) in [5, 5.41) is 1.31. The van der Waals surface area contributed by atoms with Gasteiger partial charge < -0.3 is 0 Å². The maximum atomic E-state index is 4.76. The van der Waals surface area contributed by atoms with Crippen molar-refractivity contribution in [1.82, 2.24) is 4.98 Å². The summed E-state index contributed by atoms with van der Waals surface area (Å²) in [5.41, 5.74) is 3.82. The van der Waals surface area contributed by atoms with Gasteiger partial charge in [0.25, 0.3) is 0 Å². The highest BCUT2D eigenvalue weighted by atomic mass is 14.7. The molecule has 0 saturated carbocycles. The molecule has 0 aliphatic heterocycles. The molecule has 0 aliphatic rings. The van der Waals surface area contributed by atoms with Gasteiger partial charge in [-0.15, -0.1) is 0 Å². The van der Waals surface area contributed by atoms with Crippen molar-refractivity contribution in [2.45, 2.75) is 46.0 Å². The molecule has 0 N–H and O–H groups in total. The second kappa shape index (κ2) is 5.31. The third-order valence-corrected chi connectivity index (χ3v) is 3.21. The average molecular weight is 227 g/mol. The van der Waals surface area contributed by atoms with Gasteiger partial charge in [-0.3, -0.25) is 4.98 Å². The fourth-order valence-corrected chi connectivity index (χ4v) is 2.22. The highest BCUT2D eigenvalue weighted by Crippen LogP contribution is 2.25. The molecule has 1 heterocycles. The number of para-hydroxylation sites is 1. The van der Waals surface area contributed by atoms with Gasteiger partial charge in [-0.1, -0.05) is 45.4 Å². The van der Waals surface area contributed by atoms with Crippen molar-refractivity contribution in [3.8, 4) is 0 Å². The molecule has 0 spiro atoms. The Bertz CT molecular complexity index is 500. The van der Waals surface area contributed by atoms with Gasteiger partial charge in [-0.25, -0.2) is 0 Å². The summed E-state index contributed by atoms with van der Waals surface area (Å²) in [6.07, 6.45) is 3.55. The fourth-order valence-electron chi connectivity index (χ4n) is 2.22. The van der Waals surface area contributed by atoms with Gasteiger partial charge in [-0.05, 0) is 36.5 Å². The van der Waals surface area contributed by atoms with Crippen molar-refractivity contribution in [2.24, 2.45) is 0 Å². The van der Waals surface area contributed by atoms with Gasteiger partial charge >= 0.3 is 0 Å². The first-order chi connectivity index (χ1) is 8.22. The lowest BCUT2D eigenvalue weighted by atomic mass is 9.97. The molecule has 1 heteroatoms. The molecule has 0 bridgehead atoms. The molecule has 1 aromatic carbocycles. The standard InChI is InChI=1S/C16H21N/c1-4-5-8-13-11-15(12(2)3)14-9-6-7-10-16(14)17-13/h6-7,9-12H,4-5,8H2,1-3H3. The van der Waals surface area contributed by atoms with E-state index in [1.54, 1.807) is 0 Å². The quantitative estimate of drug-likeness (QED) is 0.737. The number of nitrogens with zero attached hydrogens (tertiary/aromatic N) is 1. The van der Waals surface area contributed by atoms with E-state index in [0.29, 0.717) is 5.92 Å². The molecular formula is C16H21N. The Labute approximate surface area is 104 Å². The predicted molar refractivity (Wildman–Crippen MR) is 74.4 cm³/mol. The van der Waals surface area contributed by atoms with Crippen molar-refractivity contribution in [3.63, 3.8) is 0 Å². The second-order valence-electron chi connectivity index (χ2n) is 4.98. The Hall–Kier alpha value is -1.37. The van der Waals surface area contributed by atoms with E-state index in [1.807, 2.05) is 0 Å². The van der Waals surface area contributed by atoms with Crippen LogP contribution in [0, 0.1) is 0 Å². The van der Waals surface area contributed by atoms with Crippen LogP contribution in [0.2, 0.25) is 0 Å². The zero-order chi connectivity index (χ0) is 12.3. The van der Waals surface area contributed by atoms with Crippen LogP contribution in [0.4, 0.5) is 0 Å². The van der Waals surface area contributed by atoms with E-state index in [4.69, 9.17) is 4.98 Å². The summed E-state index contributed by atoms with van der Waals surface area (Å²) in [4.78, 5) is 4.76. The minimum absolute atomic E-state index is 0.559. The van der Waals surface area contributed by atoms with Crippen molar-refractivity contribution in [2.75, 3.05) is 0 Å². The Morgan fingerprint density at radius 2 is 1.94 bits per heavy atom. The van der Waals surface area contributed by atoms with E-state index < -0.39 is 0 Å². The number of benzene rings is 1. The van der Waals surface area contributed by atoms with Crippen LogP contribution in [0.3, 0.4) is 0 Å². The smallest absolute Gasteiger partial charge is 0.0708 e. The predicted octanol–water partition coefficient (Wildman–Crippen LogP) is 4.70. The fraction of sp³-hybridized carbons (Fsp3) is 0.438. The van der Waals surface area contributed by atoms with Gasteiger partial charge in [0.05, 0.1) is 5.52 Å². The highest BCUT2D eigenvalue weighted by molar-refractivity contribution is 5.82. The molecular weight excluding hydrogens is 206 g/mol. The van der Waals surface area contributed by atoms with E-state index in [1.165, 1.54) is 29.5 Å². The lowest BCUT2D eigenvalue weighted by molar-refractivity contribution is 0.774. The molecule has 0 saturated heterocycles. The third-order valence-electron chi connectivity index (χ3n) is 3.21. The van der Waals surface area contributed by atoms with Gasteiger partial charge in [0.1, 0.15) is 0 Å². The van der Waals surface area contributed by atoms with Gasteiger partial charge in [-0.2, -0.15) is 0 Å². The molecule has 0 amide bonds. The minimum atomic E-state index is 0.559. The van der Waals surface area contributed by atoms with Gasteiger partial charge in [0, 0.05) is 11.1 Å². The first-order valence-electron chi connectivity index (χ1n) is 6.61. The minimum Gasteiger partial charge on any atom is -0.253 e. The Balaban J connectivity index is 2.51. The van der Waals surface area contributed by atoms with E-state index >= 15 is 0 Å². The normalized spacial score (nSPS) is 11.3. The molecule has 0 aliphatic carbocycles. The monoisotopic (exact) mass is 227 g/mol. The average Bonchev–Trinajstić information content (AvgIpc) is 2.35. The summed E-state index contributed by atoms with van der Waals surface area (Å²) in [5.74, 6) is 0.559. The van der Waals surface area contributed by atoms with Crippen molar-refractivity contribution in [3.05, 3.63) is 41.6 Å². The molecule has 2 aromatic rings. The van der Waals surface area contributed by atoms with Gasteiger partial charge in [0.15, 0.2) is 0 Å². The highest BCUT2D eigenvalue weighted by Gasteiger charge is 2.08. The summed E-state index contributed by atoms with van der Waals surface area (Å²) in [6, 6.07) is 10.8. The van der Waals surface area contributed by atoms with Crippen LogP contribution in [-0.4, -0.2) is 4.98 Å². The van der Waals surface area contributed by atoms with Crippen LogP contribution in [0.5, 0.6) is 0 Å². The summed E-state index contributed by atoms with van der Waals surface area (Å²) < 4.78 is 0. The van der Waals surface area contributed by atoms with Crippen LogP contribution in [-0.2, 0) is 6.42 Å². The third kappa shape index (κ3) is 2.66. The summed E-state index contributed by atoms with van der Waals surface area (Å²) in [6.45, 7) is 6.74. The molecule has 0 unspecified atom stereocenters. The number of aryl methyl sites for hydroxylation is 1. The van der Waals surface area contributed by atoms with Crippen LogP contribution >= 0.6 is 0 Å². The van der Waals surface area contributed by atoms with Crippen molar-refractivity contribution >= 4 is 10.9 Å². The molecule has 0 fully saturated rings. The van der Waals surface area contributed by atoms with Crippen LogP contribution in [0.25, 0.3) is 10.9 Å². The van der Waals surface area contributed by atoms with E-state index in [0.717, 1.165) is 11.9 Å². The number of pyridine rings is 1. The maximum absolute atomic E-state index is 4.76. The molecule has 1 nitrogen and oxygen atoms in total. The largest absolute Gasteiger partial charge is 0.253 e. The first kappa shape index (κ1) is 12.1. The lowest BCUT2D eigenvalue weighted by Gasteiger charge is -2.12. The second-order valence-corrected chi connectivity index (χ2v) is 4.98. The molecule has 17 heavy (non-hydrogen) atoms. The Kier molecular flexibility index (Phi) is 3.78. The number of fused-ring (bicyclic) bond motifs is 1. The van der Waals surface area contributed by atoms with Crippen LogP contribution in [0.1, 0.15) is 50.8 Å². The Morgan fingerprint density at radius 1 is 1.18 bits per heavy atom.